The minimum Gasteiger partial charge on any atom is -0.311 e. The lowest BCUT2D eigenvalue weighted by atomic mass is 10.0. The van der Waals surface area contributed by atoms with E-state index in [1.165, 1.54) is 0 Å². The van der Waals surface area contributed by atoms with Crippen molar-refractivity contribution >= 4 is 22.8 Å². The van der Waals surface area contributed by atoms with Crippen LogP contribution in [0.3, 0.4) is 0 Å². The van der Waals surface area contributed by atoms with E-state index in [4.69, 9.17) is 0 Å². The molecule has 0 bridgehead atoms. The van der Waals surface area contributed by atoms with Gasteiger partial charge in [-0.15, -0.1) is 0 Å². The molecule has 2 heteroatoms. The zero-order valence-corrected chi connectivity index (χ0v) is 15.7. The number of anilines is 3. The molecule has 4 aromatic carbocycles. The second-order valence-corrected chi connectivity index (χ2v) is 6.75. The van der Waals surface area contributed by atoms with Crippen LogP contribution in [0.2, 0.25) is 0 Å². The molecule has 4 aromatic rings. The van der Waals surface area contributed by atoms with Crippen molar-refractivity contribution in [3.8, 4) is 0 Å². The second-order valence-electron chi connectivity index (χ2n) is 6.75. The van der Waals surface area contributed by atoms with Crippen molar-refractivity contribution in [3.05, 3.63) is 126 Å². The number of nitrogens with zero attached hydrogens (tertiary/aromatic N) is 1. The van der Waals surface area contributed by atoms with E-state index in [0.717, 1.165) is 22.6 Å². The van der Waals surface area contributed by atoms with Crippen LogP contribution in [0.1, 0.15) is 21.5 Å². The summed E-state index contributed by atoms with van der Waals surface area (Å²) in [5.41, 5.74) is 5.71. The van der Waals surface area contributed by atoms with Gasteiger partial charge in [-0.25, -0.2) is 0 Å². The van der Waals surface area contributed by atoms with Crippen molar-refractivity contribution in [2.75, 3.05) is 4.90 Å². The van der Waals surface area contributed by atoms with E-state index in [-0.39, 0.29) is 5.78 Å². The predicted molar refractivity (Wildman–Crippen MR) is 116 cm³/mol. The highest BCUT2D eigenvalue weighted by molar-refractivity contribution is 6.09. The van der Waals surface area contributed by atoms with Crippen LogP contribution in [0, 0.1) is 6.92 Å². The van der Waals surface area contributed by atoms with E-state index >= 15 is 0 Å². The molecular weight excluding hydrogens is 342 g/mol. The van der Waals surface area contributed by atoms with Gasteiger partial charge in [-0.2, -0.15) is 0 Å². The highest BCUT2D eigenvalue weighted by atomic mass is 16.1. The summed E-state index contributed by atoms with van der Waals surface area (Å²) in [5.74, 6) is 0.0394. The number of aryl methyl sites for hydroxylation is 1. The Hall–Kier alpha value is -3.65. The van der Waals surface area contributed by atoms with Crippen molar-refractivity contribution in [2.24, 2.45) is 0 Å². The number of carbonyl (C=O) groups is 1. The van der Waals surface area contributed by atoms with Gasteiger partial charge < -0.3 is 4.90 Å². The molecule has 28 heavy (non-hydrogen) atoms. The Kier molecular flexibility index (Phi) is 5.03. The Balaban J connectivity index is 1.69. The molecule has 0 spiro atoms. The summed E-state index contributed by atoms with van der Waals surface area (Å²) in [4.78, 5) is 14.9. The zero-order valence-electron chi connectivity index (χ0n) is 15.7. The summed E-state index contributed by atoms with van der Waals surface area (Å²) in [5, 5.41) is 0. The van der Waals surface area contributed by atoms with E-state index in [1.54, 1.807) is 0 Å². The summed E-state index contributed by atoms with van der Waals surface area (Å²) < 4.78 is 0. The summed E-state index contributed by atoms with van der Waals surface area (Å²) in [6, 6.07) is 36.0. The molecule has 0 radical (unpaired) electrons. The molecule has 0 saturated carbocycles. The SMILES string of the molecule is Cc1ccc(C(=O)c2ccc(N(c3ccccc3)c3ccccc3)cc2)cc1. The number of rotatable bonds is 5. The van der Waals surface area contributed by atoms with Crippen LogP contribution in [0.4, 0.5) is 17.1 Å². The lowest BCUT2D eigenvalue weighted by molar-refractivity contribution is 0.103. The Morgan fingerprint density at radius 2 is 0.929 bits per heavy atom. The number of para-hydroxylation sites is 2. The zero-order chi connectivity index (χ0) is 19.3. The highest BCUT2D eigenvalue weighted by Gasteiger charge is 2.13. The molecule has 2 nitrogen and oxygen atoms in total. The average molecular weight is 363 g/mol. The number of hydrogen-bond acceptors (Lipinski definition) is 2. The highest BCUT2D eigenvalue weighted by Crippen LogP contribution is 2.34. The monoisotopic (exact) mass is 363 g/mol. The summed E-state index contributed by atoms with van der Waals surface area (Å²) >= 11 is 0. The molecule has 0 unspecified atom stereocenters. The van der Waals surface area contributed by atoms with Gasteiger partial charge in [-0.05, 0) is 55.5 Å². The van der Waals surface area contributed by atoms with Gasteiger partial charge in [0.05, 0.1) is 0 Å². The lowest BCUT2D eigenvalue weighted by Gasteiger charge is -2.25. The first-order valence-electron chi connectivity index (χ1n) is 9.34. The Morgan fingerprint density at radius 3 is 1.39 bits per heavy atom. The van der Waals surface area contributed by atoms with Crippen molar-refractivity contribution < 1.29 is 4.79 Å². The lowest BCUT2D eigenvalue weighted by Crippen LogP contribution is -2.10. The average Bonchev–Trinajstić information content (AvgIpc) is 2.76. The Labute approximate surface area is 165 Å². The molecule has 0 aliphatic carbocycles. The van der Waals surface area contributed by atoms with Crippen LogP contribution >= 0.6 is 0 Å². The molecule has 0 saturated heterocycles. The largest absolute Gasteiger partial charge is 0.311 e. The van der Waals surface area contributed by atoms with Crippen molar-refractivity contribution in [3.63, 3.8) is 0 Å². The maximum Gasteiger partial charge on any atom is 0.193 e. The van der Waals surface area contributed by atoms with Gasteiger partial charge >= 0.3 is 0 Å². The van der Waals surface area contributed by atoms with Crippen LogP contribution in [-0.4, -0.2) is 5.78 Å². The van der Waals surface area contributed by atoms with Crippen molar-refractivity contribution in [1.29, 1.82) is 0 Å². The van der Waals surface area contributed by atoms with Crippen LogP contribution in [0.5, 0.6) is 0 Å². The second kappa shape index (κ2) is 7.93. The first-order chi connectivity index (χ1) is 13.7. The van der Waals surface area contributed by atoms with E-state index in [0.29, 0.717) is 11.1 Å². The van der Waals surface area contributed by atoms with E-state index in [9.17, 15) is 4.79 Å². The van der Waals surface area contributed by atoms with Gasteiger partial charge in [0.15, 0.2) is 5.78 Å². The number of ketones is 1. The first kappa shape index (κ1) is 17.7. The van der Waals surface area contributed by atoms with Crippen LogP contribution < -0.4 is 4.90 Å². The van der Waals surface area contributed by atoms with Crippen LogP contribution in [-0.2, 0) is 0 Å². The summed E-state index contributed by atoms with van der Waals surface area (Å²) in [6.07, 6.45) is 0. The van der Waals surface area contributed by atoms with Gasteiger partial charge in [0, 0.05) is 28.2 Å². The van der Waals surface area contributed by atoms with Gasteiger partial charge in [-0.3, -0.25) is 4.79 Å². The number of hydrogen-bond donors (Lipinski definition) is 0. The number of benzene rings is 4. The standard InChI is InChI=1S/C26H21NO/c1-20-12-14-21(15-13-20)26(28)22-16-18-25(19-17-22)27(23-8-4-2-5-9-23)24-10-6-3-7-11-24/h2-19H,1H3. The van der Waals surface area contributed by atoms with E-state index in [1.807, 2.05) is 91.9 Å². The molecule has 0 N–H and O–H groups in total. The third kappa shape index (κ3) is 3.72. The van der Waals surface area contributed by atoms with Crippen LogP contribution in [0.15, 0.2) is 109 Å². The maximum absolute atomic E-state index is 12.8. The van der Waals surface area contributed by atoms with Gasteiger partial charge in [-0.1, -0.05) is 66.2 Å². The molecule has 0 aliphatic heterocycles. The molecule has 136 valence electrons. The van der Waals surface area contributed by atoms with Crippen molar-refractivity contribution in [2.45, 2.75) is 6.92 Å². The number of carbonyl (C=O) groups excluding carboxylic acids is 1. The fraction of sp³-hybridized carbons (Fsp3) is 0.0385. The minimum atomic E-state index is 0.0394. The van der Waals surface area contributed by atoms with Gasteiger partial charge in [0.1, 0.15) is 0 Å². The minimum absolute atomic E-state index is 0.0394. The topological polar surface area (TPSA) is 20.3 Å². The molecule has 0 amide bonds. The molecule has 0 aromatic heterocycles. The summed E-state index contributed by atoms with van der Waals surface area (Å²) in [6.45, 7) is 2.02. The van der Waals surface area contributed by atoms with Crippen LogP contribution in [0.25, 0.3) is 0 Å². The molecule has 0 fully saturated rings. The quantitative estimate of drug-likeness (QED) is 0.368. The third-order valence-corrected chi connectivity index (χ3v) is 4.73. The van der Waals surface area contributed by atoms with Gasteiger partial charge in [0.25, 0.3) is 0 Å². The molecule has 4 rings (SSSR count). The molecule has 0 heterocycles. The Bertz CT molecular complexity index is 1010. The molecular formula is C26H21NO. The fourth-order valence-corrected chi connectivity index (χ4v) is 3.23. The van der Waals surface area contributed by atoms with Gasteiger partial charge in [0.2, 0.25) is 0 Å². The maximum atomic E-state index is 12.8. The predicted octanol–water partition coefficient (Wildman–Crippen LogP) is 6.70. The smallest absolute Gasteiger partial charge is 0.193 e. The fourth-order valence-electron chi connectivity index (χ4n) is 3.23. The molecule has 0 aliphatic rings. The van der Waals surface area contributed by atoms with Crippen molar-refractivity contribution in [1.82, 2.24) is 0 Å². The third-order valence-electron chi connectivity index (χ3n) is 4.73. The molecule has 0 atom stereocenters. The van der Waals surface area contributed by atoms with E-state index in [2.05, 4.69) is 29.2 Å². The Morgan fingerprint density at radius 1 is 0.536 bits per heavy atom. The summed E-state index contributed by atoms with van der Waals surface area (Å²) in [7, 11) is 0. The first-order valence-corrected chi connectivity index (χ1v) is 9.34. The normalized spacial score (nSPS) is 10.5. The van der Waals surface area contributed by atoms with E-state index < -0.39 is 0 Å².